The van der Waals surface area contributed by atoms with E-state index >= 15 is 0 Å². The largest absolute Gasteiger partial charge is 0.493 e. The predicted octanol–water partition coefficient (Wildman–Crippen LogP) is 5.80. The molecule has 1 aliphatic heterocycles. The standard InChI is InChI=1S/C23H26N2O2S/c1-5-17(4)25-22(26)21(15-18-9-7-8-10-20(18)27-6-2)28-23(25)24-19-13-11-16(3)12-14-19/h7-15,17H,5-6H2,1-4H3/b21-15+,24-23?/t17-/m0/s1. The number of carbonyl (C=O) groups excluding carboxylic acids is 1. The summed E-state index contributed by atoms with van der Waals surface area (Å²) in [6.45, 7) is 8.72. The first-order chi connectivity index (χ1) is 13.5. The zero-order valence-corrected chi connectivity index (χ0v) is 17.6. The van der Waals surface area contributed by atoms with E-state index in [1.807, 2.05) is 68.5 Å². The molecule has 0 aliphatic carbocycles. The van der Waals surface area contributed by atoms with Gasteiger partial charge in [0.05, 0.1) is 17.2 Å². The van der Waals surface area contributed by atoms with E-state index in [0.29, 0.717) is 11.5 Å². The van der Waals surface area contributed by atoms with Gasteiger partial charge < -0.3 is 4.74 Å². The Morgan fingerprint density at radius 1 is 1.14 bits per heavy atom. The van der Waals surface area contributed by atoms with Crippen LogP contribution in [0.4, 0.5) is 5.69 Å². The summed E-state index contributed by atoms with van der Waals surface area (Å²) in [5.74, 6) is 0.779. The lowest BCUT2D eigenvalue weighted by molar-refractivity contribution is -0.123. The number of amidine groups is 1. The van der Waals surface area contributed by atoms with Crippen LogP contribution in [0.2, 0.25) is 0 Å². The molecular weight excluding hydrogens is 368 g/mol. The molecule has 0 saturated carbocycles. The van der Waals surface area contributed by atoms with Gasteiger partial charge in [0.15, 0.2) is 5.17 Å². The number of rotatable bonds is 6. The molecule has 1 aliphatic rings. The summed E-state index contributed by atoms with van der Waals surface area (Å²) in [4.78, 5) is 20.4. The van der Waals surface area contributed by atoms with Crippen LogP contribution < -0.4 is 4.74 Å². The van der Waals surface area contributed by atoms with Gasteiger partial charge in [-0.15, -0.1) is 0 Å². The second-order valence-electron chi connectivity index (χ2n) is 6.74. The molecule has 3 rings (SSSR count). The van der Waals surface area contributed by atoms with Crippen LogP contribution in [0.5, 0.6) is 5.75 Å². The van der Waals surface area contributed by atoms with E-state index in [4.69, 9.17) is 9.73 Å². The Morgan fingerprint density at radius 3 is 2.54 bits per heavy atom. The molecule has 1 atom stereocenters. The molecule has 1 heterocycles. The number of para-hydroxylation sites is 1. The van der Waals surface area contributed by atoms with Crippen LogP contribution in [-0.2, 0) is 4.79 Å². The number of thioether (sulfide) groups is 1. The lowest BCUT2D eigenvalue weighted by Gasteiger charge is -2.22. The van der Waals surface area contributed by atoms with Crippen LogP contribution in [0.1, 0.15) is 38.3 Å². The van der Waals surface area contributed by atoms with Crippen molar-refractivity contribution in [3.8, 4) is 5.75 Å². The maximum absolute atomic E-state index is 13.1. The number of hydrogen-bond donors (Lipinski definition) is 0. The Kier molecular flexibility index (Phi) is 6.57. The molecule has 5 heteroatoms. The third-order valence-corrected chi connectivity index (χ3v) is 5.62. The van der Waals surface area contributed by atoms with Gasteiger partial charge in [0.25, 0.3) is 5.91 Å². The fraction of sp³-hybridized carbons (Fsp3) is 0.304. The van der Waals surface area contributed by atoms with E-state index in [1.54, 1.807) is 4.90 Å². The molecule has 2 aromatic carbocycles. The molecule has 146 valence electrons. The number of ether oxygens (including phenoxy) is 1. The second-order valence-corrected chi connectivity index (χ2v) is 7.75. The van der Waals surface area contributed by atoms with E-state index in [2.05, 4.69) is 13.8 Å². The molecule has 0 radical (unpaired) electrons. The highest BCUT2D eigenvalue weighted by Gasteiger charge is 2.36. The Bertz CT molecular complexity index is 903. The molecule has 1 amide bonds. The molecule has 2 aromatic rings. The maximum atomic E-state index is 13.1. The van der Waals surface area contributed by atoms with Crippen LogP contribution in [-0.4, -0.2) is 28.6 Å². The fourth-order valence-electron chi connectivity index (χ4n) is 2.89. The van der Waals surface area contributed by atoms with Crippen LogP contribution >= 0.6 is 11.8 Å². The van der Waals surface area contributed by atoms with Gasteiger partial charge in [-0.1, -0.05) is 42.8 Å². The Balaban J connectivity index is 1.99. The van der Waals surface area contributed by atoms with Crippen molar-refractivity contribution in [2.75, 3.05) is 6.61 Å². The number of amides is 1. The Morgan fingerprint density at radius 2 is 1.86 bits per heavy atom. The Labute approximate surface area is 171 Å². The van der Waals surface area contributed by atoms with Crippen LogP contribution in [0.15, 0.2) is 58.4 Å². The molecule has 0 spiro atoms. The summed E-state index contributed by atoms with van der Waals surface area (Å²) >= 11 is 1.42. The first kappa shape index (κ1) is 20.2. The van der Waals surface area contributed by atoms with Crippen molar-refractivity contribution in [1.82, 2.24) is 4.90 Å². The summed E-state index contributed by atoms with van der Waals surface area (Å²) in [5.41, 5.74) is 2.94. The van der Waals surface area contributed by atoms with Gasteiger partial charge in [-0.25, -0.2) is 4.99 Å². The minimum atomic E-state index is -0.00323. The van der Waals surface area contributed by atoms with E-state index in [-0.39, 0.29) is 11.9 Å². The highest BCUT2D eigenvalue weighted by Crippen LogP contribution is 2.37. The van der Waals surface area contributed by atoms with Crippen molar-refractivity contribution in [2.45, 2.75) is 40.2 Å². The van der Waals surface area contributed by atoms with E-state index in [9.17, 15) is 4.79 Å². The molecule has 0 N–H and O–H groups in total. The summed E-state index contributed by atoms with van der Waals surface area (Å²) in [7, 11) is 0. The normalized spacial score (nSPS) is 18.1. The SMILES string of the molecule is CCOc1ccccc1/C=C1/SC(=Nc2ccc(C)cc2)N([C@@H](C)CC)C1=O. The minimum Gasteiger partial charge on any atom is -0.493 e. The minimum absolute atomic E-state index is 0.00323. The number of hydrogen-bond acceptors (Lipinski definition) is 4. The Hall–Kier alpha value is -2.53. The fourth-order valence-corrected chi connectivity index (χ4v) is 3.97. The molecular formula is C23H26N2O2S. The molecule has 0 unspecified atom stereocenters. The summed E-state index contributed by atoms with van der Waals surface area (Å²) in [6.07, 6.45) is 2.77. The average molecular weight is 395 g/mol. The van der Waals surface area contributed by atoms with E-state index < -0.39 is 0 Å². The van der Waals surface area contributed by atoms with Crippen LogP contribution in [0, 0.1) is 6.92 Å². The van der Waals surface area contributed by atoms with E-state index in [1.165, 1.54) is 17.3 Å². The van der Waals surface area contributed by atoms with Crippen LogP contribution in [0.3, 0.4) is 0 Å². The summed E-state index contributed by atoms with van der Waals surface area (Å²) in [6, 6.07) is 15.9. The van der Waals surface area contributed by atoms with Gasteiger partial charge in [0.2, 0.25) is 0 Å². The van der Waals surface area contributed by atoms with E-state index in [0.717, 1.165) is 28.6 Å². The summed E-state index contributed by atoms with van der Waals surface area (Å²) < 4.78 is 5.70. The van der Waals surface area contributed by atoms with Gasteiger partial charge in [0.1, 0.15) is 5.75 Å². The number of nitrogens with zero attached hydrogens (tertiary/aromatic N) is 2. The summed E-state index contributed by atoms with van der Waals surface area (Å²) in [5, 5.41) is 0.725. The number of aliphatic imine (C=N–C) groups is 1. The van der Waals surface area contributed by atoms with Crippen molar-refractivity contribution in [1.29, 1.82) is 0 Å². The number of carbonyl (C=O) groups is 1. The first-order valence-electron chi connectivity index (χ1n) is 9.63. The third kappa shape index (κ3) is 4.47. The lowest BCUT2D eigenvalue weighted by atomic mass is 10.1. The van der Waals surface area contributed by atoms with Crippen molar-refractivity contribution >= 4 is 34.6 Å². The quantitative estimate of drug-likeness (QED) is 0.582. The monoisotopic (exact) mass is 394 g/mol. The van der Waals surface area contributed by atoms with Gasteiger partial charge >= 0.3 is 0 Å². The van der Waals surface area contributed by atoms with Crippen molar-refractivity contribution in [3.63, 3.8) is 0 Å². The number of benzene rings is 2. The molecule has 0 aromatic heterocycles. The maximum Gasteiger partial charge on any atom is 0.267 e. The zero-order chi connectivity index (χ0) is 20.1. The molecule has 28 heavy (non-hydrogen) atoms. The third-order valence-electron chi connectivity index (χ3n) is 4.63. The molecule has 0 bridgehead atoms. The molecule has 1 saturated heterocycles. The van der Waals surface area contributed by atoms with Crippen molar-refractivity contribution < 1.29 is 9.53 Å². The van der Waals surface area contributed by atoms with Crippen molar-refractivity contribution in [2.24, 2.45) is 4.99 Å². The smallest absolute Gasteiger partial charge is 0.267 e. The average Bonchev–Trinajstić information content (AvgIpc) is 3.00. The zero-order valence-electron chi connectivity index (χ0n) is 16.8. The van der Waals surface area contributed by atoms with Gasteiger partial charge in [0, 0.05) is 11.6 Å². The second kappa shape index (κ2) is 9.11. The highest BCUT2D eigenvalue weighted by atomic mass is 32.2. The highest BCUT2D eigenvalue weighted by molar-refractivity contribution is 8.18. The van der Waals surface area contributed by atoms with Gasteiger partial charge in [-0.3, -0.25) is 9.69 Å². The number of aryl methyl sites for hydroxylation is 1. The van der Waals surface area contributed by atoms with Crippen molar-refractivity contribution in [3.05, 3.63) is 64.6 Å². The van der Waals surface area contributed by atoms with Crippen LogP contribution in [0.25, 0.3) is 6.08 Å². The van der Waals surface area contributed by atoms with Gasteiger partial charge in [-0.05, 0) is 63.2 Å². The first-order valence-corrected chi connectivity index (χ1v) is 10.5. The lowest BCUT2D eigenvalue weighted by Crippen LogP contribution is -2.36. The molecule has 1 fully saturated rings. The van der Waals surface area contributed by atoms with Gasteiger partial charge in [-0.2, -0.15) is 0 Å². The predicted molar refractivity (Wildman–Crippen MR) is 118 cm³/mol. The molecule has 4 nitrogen and oxygen atoms in total. The topological polar surface area (TPSA) is 41.9 Å².